The molecular formula is C17H17BrFN. The predicted molar refractivity (Wildman–Crippen MR) is 83.5 cm³/mol. The maximum Gasteiger partial charge on any atom is 0.123 e. The monoisotopic (exact) mass is 333 g/mol. The van der Waals surface area contributed by atoms with Crippen LogP contribution in [0.25, 0.3) is 0 Å². The normalized spacial score (nSPS) is 16.8. The first-order valence-corrected chi connectivity index (χ1v) is 7.60. The second kappa shape index (κ2) is 5.30. The summed E-state index contributed by atoms with van der Waals surface area (Å²) in [6.07, 6.45) is 0.947. The van der Waals surface area contributed by atoms with Gasteiger partial charge in [0.25, 0.3) is 0 Å². The number of hydrogen-bond acceptors (Lipinski definition) is 1. The van der Waals surface area contributed by atoms with Crippen molar-refractivity contribution in [1.82, 2.24) is 5.32 Å². The summed E-state index contributed by atoms with van der Waals surface area (Å²) in [6.45, 7) is 3.93. The molecule has 2 aromatic carbocycles. The zero-order valence-electron chi connectivity index (χ0n) is 11.4. The van der Waals surface area contributed by atoms with Gasteiger partial charge in [-0.25, -0.2) is 4.39 Å². The predicted octanol–water partition coefficient (Wildman–Crippen LogP) is 3.98. The number of nitrogens with one attached hydrogen (secondary N) is 1. The first-order valence-electron chi connectivity index (χ1n) is 6.81. The lowest BCUT2D eigenvalue weighted by molar-refractivity contribution is 0.274. The molecule has 0 unspecified atom stereocenters. The topological polar surface area (TPSA) is 12.0 Å². The van der Waals surface area contributed by atoms with Crippen molar-refractivity contribution in [3.63, 3.8) is 0 Å². The molecule has 1 aliphatic rings. The summed E-state index contributed by atoms with van der Waals surface area (Å²) in [5.41, 5.74) is 3.74. The van der Waals surface area contributed by atoms with E-state index in [-0.39, 0.29) is 11.2 Å². The van der Waals surface area contributed by atoms with Crippen LogP contribution in [0.4, 0.5) is 4.39 Å². The zero-order valence-corrected chi connectivity index (χ0v) is 13.0. The minimum atomic E-state index is -0.158. The average Bonchev–Trinajstić information content (AvgIpc) is 2.36. The van der Waals surface area contributed by atoms with E-state index in [1.54, 1.807) is 12.1 Å². The van der Waals surface area contributed by atoms with Gasteiger partial charge in [0.05, 0.1) is 0 Å². The Bertz CT molecular complexity index is 635. The Morgan fingerprint density at radius 1 is 1.20 bits per heavy atom. The summed E-state index contributed by atoms with van der Waals surface area (Å²) in [5, 5.41) is 3.38. The van der Waals surface area contributed by atoms with E-state index in [0.717, 1.165) is 29.5 Å². The van der Waals surface area contributed by atoms with Crippen molar-refractivity contribution in [2.24, 2.45) is 0 Å². The van der Waals surface area contributed by atoms with E-state index in [1.165, 1.54) is 11.1 Å². The summed E-state index contributed by atoms with van der Waals surface area (Å²) in [5.74, 6) is -0.158. The number of rotatable bonds is 3. The van der Waals surface area contributed by atoms with Crippen LogP contribution in [0, 0.1) is 12.7 Å². The molecule has 3 rings (SSSR count). The molecule has 0 aliphatic carbocycles. The van der Waals surface area contributed by atoms with Crippen molar-refractivity contribution < 1.29 is 4.39 Å². The highest BCUT2D eigenvalue weighted by Gasteiger charge is 2.39. The van der Waals surface area contributed by atoms with Gasteiger partial charge in [-0.2, -0.15) is 0 Å². The lowest BCUT2D eigenvalue weighted by atomic mass is 9.70. The number of benzene rings is 2. The minimum absolute atomic E-state index is 0.131. The highest BCUT2D eigenvalue weighted by atomic mass is 79.9. The summed E-state index contributed by atoms with van der Waals surface area (Å²) in [4.78, 5) is 0. The van der Waals surface area contributed by atoms with E-state index < -0.39 is 0 Å². The van der Waals surface area contributed by atoms with Gasteiger partial charge in [0.15, 0.2) is 0 Å². The largest absolute Gasteiger partial charge is 0.315 e. The Morgan fingerprint density at radius 3 is 2.60 bits per heavy atom. The highest BCUT2D eigenvalue weighted by molar-refractivity contribution is 9.10. The fourth-order valence-corrected chi connectivity index (χ4v) is 3.30. The second-order valence-corrected chi connectivity index (χ2v) is 6.56. The van der Waals surface area contributed by atoms with E-state index in [4.69, 9.17) is 0 Å². The molecule has 0 aromatic heterocycles. The first-order chi connectivity index (χ1) is 9.59. The second-order valence-electron chi connectivity index (χ2n) is 5.64. The van der Waals surface area contributed by atoms with Crippen LogP contribution in [0.5, 0.6) is 0 Å². The van der Waals surface area contributed by atoms with Crippen LogP contribution >= 0.6 is 15.9 Å². The standard InChI is InChI=1S/C17H17BrFN/c1-12-7-16(19)6-5-13(12)9-17(10-20-11-17)14-3-2-4-15(18)8-14/h2-8,20H,9-11H2,1H3. The van der Waals surface area contributed by atoms with Gasteiger partial charge in [-0.3, -0.25) is 0 Å². The third kappa shape index (κ3) is 2.52. The van der Waals surface area contributed by atoms with Crippen molar-refractivity contribution >= 4 is 15.9 Å². The van der Waals surface area contributed by atoms with Crippen LogP contribution in [0.1, 0.15) is 16.7 Å². The lowest BCUT2D eigenvalue weighted by Gasteiger charge is -2.44. The first kappa shape index (κ1) is 13.8. The van der Waals surface area contributed by atoms with Gasteiger partial charge >= 0.3 is 0 Å². The maximum atomic E-state index is 13.2. The molecule has 1 fully saturated rings. The maximum absolute atomic E-state index is 13.2. The molecule has 2 aromatic rings. The molecule has 1 saturated heterocycles. The number of hydrogen-bond donors (Lipinski definition) is 1. The van der Waals surface area contributed by atoms with Crippen LogP contribution in [0.15, 0.2) is 46.9 Å². The summed E-state index contributed by atoms with van der Waals surface area (Å²) in [7, 11) is 0. The van der Waals surface area contributed by atoms with Crippen molar-refractivity contribution in [3.05, 3.63) is 69.4 Å². The van der Waals surface area contributed by atoms with E-state index in [2.05, 4.69) is 39.4 Å². The Kier molecular flexibility index (Phi) is 3.65. The Balaban J connectivity index is 1.94. The third-order valence-electron chi connectivity index (χ3n) is 4.20. The molecular weight excluding hydrogens is 317 g/mol. The molecule has 0 atom stereocenters. The molecule has 0 amide bonds. The third-order valence-corrected chi connectivity index (χ3v) is 4.69. The van der Waals surface area contributed by atoms with Gasteiger partial charge in [-0.05, 0) is 54.3 Å². The lowest BCUT2D eigenvalue weighted by Crippen LogP contribution is -2.58. The van der Waals surface area contributed by atoms with Crippen LogP contribution in [0.2, 0.25) is 0 Å². The Morgan fingerprint density at radius 2 is 2.00 bits per heavy atom. The number of aryl methyl sites for hydroxylation is 1. The minimum Gasteiger partial charge on any atom is -0.315 e. The molecule has 20 heavy (non-hydrogen) atoms. The van der Waals surface area contributed by atoms with Crippen molar-refractivity contribution in [2.45, 2.75) is 18.8 Å². The van der Waals surface area contributed by atoms with E-state index in [1.807, 2.05) is 19.1 Å². The van der Waals surface area contributed by atoms with Crippen LogP contribution in [0.3, 0.4) is 0 Å². The van der Waals surface area contributed by atoms with Crippen LogP contribution < -0.4 is 5.32 Å². The number of halogens is 2. The summed E-state index contributed by atoms with van der Waals surface area (Å²) in [6, 6.07) is 13.6. The molecule has 1 heterocycles. The molecule has 104 valence electrons. The van der Waals surface area contributed by atoms with E-state index in [9.17, 15) is 4.39 Å². The summed E-state index contributed by atoms with van der Waals surface area (Å²) >= 11 is 3.55. The SMILES string of the molecule is Cc1cc(F)ccc1CC1(c2cccc(Br)c2)CNC1. The molecule has 0 bridgehead atoms. The molecule has 1 nitrogen and oxygen atoms in total. The fourth-order valence-electron chi connectivity index (χ4n) is 2.90. The zero-order chi connectivity index (χ0) is 14.2. The van der Waals surface area contributed by atoms with Gasteiger partial charge in [0.2, 0.25) is 0 Å². The summed E-state index contributed by atoms with van der Waals surface area (Å²) < 4.78 is 14.3. The van der Waals surface area contributed by atoms with Gasteiger partial charge < -0.3 is 5.32 Å². The van der Waals surface area contributed by atoms with Gasteiger partial charge in [-0.1, -0.05) is 34.1 Å². The highest BCUT2D eigenvalue weighted by Crippen LogP contribution is 2.34. The molecule has 0 saturated carbocycles. The van der Waals surface area contributed by atoms with Crippen LogP contribution in [-0.2, 0) is 11.8 Å². The average molecular weight is 334 g/mol. The van der Waals surface area contributed by atoms with Gasteiger partial charge in [-0.15, -0.1) is 0 Å². The van der Waals surface area contributed by atoms with E-state index >= 15 is 0 Å². The van der Waals surface area contributed by atoms with E-state index in [0.29, 0.717) is 0 Å². The fraction of sp³-hybridized carbons (Fsp3) is 0.294. The van der Waals surface area contributed by atoms with Crippen molar-refractivity contribution in [2.75, 3.05) is 13.1 Å². The molecule has 3 heteroatoms. The molecule has 1 aliphatic heterocycles. The van der Waals surface area contributed by atoms with Crippen LogP contribution in [-0.4, -0.2) is 13.1 Å². The van der Waals surface area contributed by atoms with Gasteiger partial charge in [0, 0.05) is 23.0 Å². The molecule has 0 radical (unpaired) electrons. The Labute approximate surface area is 127 Å². The van der Waals surface area contributed by atoms with Crippen molar-refractivity contribution in [3.8, 4) is 0 Å². The Hall–Kier alpha value is -1.19. The smallest absolute Gasteiger partial charge is 0.123 e. The molecule has 0 spiro atoms. The van der Waals surface area contributed by atoms with Gasteiger partial charge in [0.1, 0.15) is 5.82 Å². The van der Waals surface area contributed by atoms with Crippen molar-refractivity contribution in [1.29, 1.82) is 0 Å². The quantitative estimate of drug-likeness (QED) is 0.895. The molecule has 1 N–H and O–H groups in total.